The molecule has 1 aromatic carbocycles. The smallest absolute Gasteiger partial charge is 0.126 e. The van der Waals surface area contributed by atoms with Gasteiger partial charge in [0.2, 0.25) is 0 Å². The summed E-state index contributed by atoms with van der Waals surface area (Å²) in [5.74, 6) is 0.271. The molecule has 3 nitrogen and oxygen atoms in total. The van der Waals surface area contributed by atoms with Gasteiger partial charge in [-0.2, -0.15) is 0 Å². The van der Waals surface area contributed by atoms with E-state index in [1.807, 2.05) is 0 Å². The first-order valence-electron chi connectivity index (χ1n) is 6.81. The van der Waals surface area contributed by atoms with E-state index in [4.69, 9.17) is 9.47 Å². The van der Waals surface area contributed by atoms with Gasteiger partial charge in [-0.15, -0.1) is 0 Å². The molecule has 2 unspecified atom stereocenters. The second-order valence-corrected chi connectivity index (χ2v) is 5.64. The number of benzene rings is 1. The van der Waals surface area contributed by atoms with Crippen LogP contribution in [0.5, 0.6) is 5.75 Å². The summed E-state index contributed by atoms with van der Waals surface area (Å²) in [5.41, 5.74) is 0.202. The van der Waals surface area contributed by atoms with E-state index >= 15 is 0 Å². The molecule has 1 N–H and O–H groups in total. The van der Waals surface area contributed by atoms with Crippen molar-refractivity contribution in [1.29, 1.82) is 0 Å². The van der Waals surface area contributed by atoms with Gasteiger partial charge < -0.3 is 14.6 Å². The van der Waals surface area contributed by atoms with Crippen LogP contribution in [-0.2, 0) is 4.74 Å². The minimum Gasteiger partial charge on any atom is -0.487 e. The highest BCUT2D eigenvalue weighted by molar-refractivity contribution is 5.38. The van der Waals surface area contributed by atoms with Gasteiger partial charge in [0.05, 0.1) is 12.2 Å². The Morgan fingerprint density at radius 3 is 3.05 bits per heavy atom. The first-order valence-corrected chi connectivity index (χ1v) is 6.81. The molecule has 0 saturated heterocycles. The van der Waals surface area contributed by atoms with Gasteiger partial charge in [-0.05, 0) is 37.5 Å². The molecular weight excluding hydrogens is 247 g/mol. The van der Waals surface area contributed by atoms with E-state index in [0.717, 1.165) is 25.7 Å². The van der Waals surface area contributed by atoms with Gasteiger partial charge in [-0.25, -0.2) is 4.39 Å². The first kappa shape index (κ1) is 12.9. The molecule has 1 fully saturated rings. The SMILES string of the molecule is COC1CCCC2(C1)C[C@H](O)c1cc(F)ccc1O2. The van der Waals surface area contributed by atoms with Gasteiger partial charge >= 0.3 is 0 Å². The second-order valence-electron chi connectivity index (χ2n) is 5.64. The van der Waals surface area contributed by atoms with Gasteiger partial charge in [0.15, 0.2) is 0 Å². The highest BCUT2D eigenvalue weighted by Gasteiger charge is 2.44. The van der Waals surface area contributed by atoms with E-state index in [-0.39, 0.29) is 17.5 Å². The Balaban J connectivity index is 1.89. The molecule has 3 rings (SSSR count). The van der Waals surface area contributed by atoms with E-state index in [9.17, 15) is 9.50 Å². The number of fused-ring (bicyclic) bond motifs is 1. The van der Waals surface area contributed by atoms with Crippen LogP contribution in [0.3, 0.4) is 0 Å². The topological polar surface area (TPSA) is 38.7 Å². The van der Waals surface area contributed by atoms with Gasteiger partial charge in [0, 0.05) is 25.5 Å². The van der Waals surface area contributed by atoms with Crippen molar-refractivity contribution >= 4 is 0 Å². The van der Waals surface area contributed by atoms with E-state index in [0.29, 0.717) is 17.7 Å². The summed E-state index contributed by atoms with van der Waals surface area (Å²) in [4.78, 5) is 0. The van der Waals surface area contributed by atoms with Crippen molar-refractivity contribution in [3.05, 3.63) is 29.6 Å². The van der Waals surface area contributed by atoms with Gasteiger partial charge in [-0.3, -0.25) is 0 Å². The van der Waals surface area contributed by atoms with Crippen LogP contribution in [0.4, 0.5) is 4.39 Å². The molecule has 4 heteroatoms. The molecule has 0 bridgehead atoms. The summed E-state index contributed by atoms with van der Waals surface area (Å²) in [6.45, 7) is 0. The Bertz CT molecular complexity index is 476. The van der Waals surface area contributed by atoms with Gasteiger partial charge in [0.25, 0.3) is 0 Å². The third kappa shape index (κ3) is 2.35. The Hall–Kier alpha value is -1.13. The van der Waals surface area contributed by atoms with Crippen LogP contribution < -0.4 is 4.74 Å². The third-order valence-electron chi connectivity index (χ3n) is 4.31. The van der Waals surface area contributed by atoms with Crippen molar-refractivity contribution in [2.24, 2.45) is 0 Å². The molecular formula is C15H19FO3. The Kier molecular flexibility index (Phi) is 3.23. The van der Waals surface area contributed by atoms with Crippen molar-refractivity contribution in [1.82, 2.24) is 0 Å². The molecule has 1 heterocycles. The predicted octanol–water partition coefficient (Wildman–Crippen LogP) is 2.97. The summed E-state index contributed by atoms with van der Waals surface area (Å²) in [5, 5.41) is 10.3. The van der Waals surface area contributed by atoms with Crippen molar-refractivity contribution in [2.75, 3.05) is 7.11 Å². The third-order valence-corrected chi connectivity index (χ3v) is 4.31. The lowest BCUT2D eigenvalue weighted by atomic mass is 9.76. The lowest BCUT2D eigenvalue weighted by molar-refractivity contribution is -0.0797. The molecule has 1 aliphatic heterocycles. The van der Waals surface area contributed by atoms with Crippen molar-refractivity contribution < 1.29 is 19.0 Å². The standard InChI is InChI=1S/C15H19FO3/c1-18-11-3-2-6-15(8-11)9-13(17)12-7-10(16)4-5-14(12)19-15/h4-5,7,11,13,17H,2-3,6,8-9H2,1H3/t11?,13-,15?/m0/s1. The highest BCUT2D eigenvalue weighted by Crippen LogP contribution is 2.46. The molecule has 0 amide bonds. The molecule has 1 aliphatic carbocycles. The second kappa shape index (κ2) is 4.76. The predicted molar refractivity (Wildman–Crippen MR) is 68.6 cm³/mol. The Morgan fingerprint density at radius 1 is 1.42 bits per heavy atom. The zero-order valence-electron chi connectivity index (χ0n) is 11.1. The molecule has 1 spiro atoms. The van der Waals surface area contributed by atoms with Crippen LogP contribution >= 0.6 is 0 Å². The van der Waals surface area contributed by atoms with Crippen molar-refractivity contribution in [3.8, 4) is 5.75 Å². The van der Waals surface area contributed by atoms with Crippen molar-refractivity contribution in [3.63, 3.8) is 0 Å². The minimum absolute atomic E-state index is 0.183. The Labute approximate surface area is 112 Å². The summed E-state index contributed by atoms with van der Waals surface area (Å²) >= 11 is 0. The van der Waals surface area contributed by atoms with Crippen LogP contribution in [0.1, 0.15) is 43.8 Å². The van der Waals surface area contributed by atoms with Gasteiger partial charge in [0.1, 0.15) is 17.2 Å². The fourth-order valence-corrected chi connectivity index (χ4v) is 3.36. The first-order chi connectivity index (χ1) is 9.12. The molecule has 2 aliphatic rings. The molecule has 0 aromatic heterocycles. The van der Waals surface area contributed by atoms with E-state index in [2.05, 4.69) is 0 Å². The minimum atomic E-state index is -0.657. The van der Waals surface area contributed by atoms with E-state index in [1.54, 1.807) is 13.2 Å². The number of halogens is 1. The summed E-state index contributed by atoms with van der Waals surface area (Å²) in [6.07, 6.45) is 3.81. The maximum atomic E-state index is 13.2. The van der Waals surface area contributed by atoms with Crippen LogP contribution in [0.2, 0.25) is 0 Å². The number of ether oxygens (including phenoxy) is 2. The van der Waals surface area contributed by atoms with Crippen molar-refractivity contribution in [2.45, 2.75) is 49.9 Å². The van der Waals surface area contributed by atoms with Crippen LogP contribution in [0, 0.1) is 5.82 Å². The van der Waals surface area contributed by atoms with Crippen LogP contribution in [0.25, 0.3) is 0 Å². The largest absolute Gasteiger partial charge is 0.487 e. The average molecular weight is 266 g/mol. The van der Waals surface area contributed by atoms with E-state index in [1.165, 1.54) is 12.1 Å². The van der Waals surface area contributed by atoms with Gasteiger partial charge in [-0.1, -0.05) is 0 Å². The monoisotopic (exact) mass is 266 g/mol. The highest BCUT2D eigenvalue weighted by atomic mass is 19.1. The molecule has 19 heavy (non-hydrogen) atoms. The molecule has 3 atom stereocenters. The number of rotatable bonds is 1. The number of hydrogen-bond acceptors (Lipinski definition) is 3. The molecule has 0 radical (unpaired) electrons. The molecule has 1 aromatic rings. The maximum Gasteiger partial charge on any atom is 0.126 e. The number of hydrogen-bond donors (Lipinski definition) is 1. The zero-order valence-corrected chi connectivity index (χ0v) is 11.1. The summed E-state index contributed by atoms with van der Waals surface area (Å²) < 4.78 is 24.8. The number of aliphatic hydroxyl groups is 1. The van der Waals surface area contributed by atoms with Crippen LogP contribution in [0.15, 0.2) is 18.2 Å². The zero-order chi connectivity index (χ0) is 13.5. The quantitative estimate of drug-likeness (QED) is 0.849. The maximum absolute atomic E-state index is 13.2. The van der Waals surface area contributed by atoms with E-state index < -0.39 is 6.10 Å². The number of aliphatic hydroxyl groups excluding tert-OH is 1. The fourth-order valence-electron chi connectivity index (χ4n) is 3.36. The Morgan fingerprint density at radius 2 is 2.26 bits per heavy atom. The average Bonchev–Trinajstić information content (AvgIpc) is 2.40. The number of methoxy groups -OCH3 is 1. The lowest BCUT2D eigenvalue weighted by Gasteiger charge is -2.45. The lowest BCUT2D eigenvalue weighted by Crippen LogP contribution is -2.46. The normalized spacial score (nSPS) is 33.8. The fraction of sp³-hybridized carbons (Fsp3) is 0.600. The summed E-state index contributed by atoms with van der Waals surface area (Å²) in [6, 6.07) is 4.36. The molecule has 1 saturated carbocycles. The molecule has 104 valence electrons. The summed E-state index contributed by atoms with van der Waals surface area (Å²) in [7, 11) is 1.71. The van der Waals surface area contributed by atoms with Crippen LogP contribution in [-0.4, -0.2) is 23.9 Å².